The lowest BCUT2D eigenvalue weighted by atomic mass is 10.1. The maximum atomic E-state index is 13.7. The molecule has 5 nitrogen and oxygen atoms in total. The van der Waals surface area contributed by atoms with E-state index in [1.807, 2.05) is 42.2 Å². The van der Waals surface area contributed by atoms with Crippen molar-refractivity contribution in [2.24, 2.45) is 0 Å². The third-order valence-corrected chi connectivity index (χ3v) is 4.85. The van der Waals surface area contributed by atoms with Crippen molar-refractivity contribution in [2.75, 3.05) is 31.5 Å². The molecule has 1 aliphatic rings. The van der Waals surface area contributed by atoms with Gasteiger partial charge in [0.1, 0.15) is 5.82 Å². The number of hydrogen-bond acceptors (Lipinski definition) is 2. The Bertz CT molecular complexity index is 774. The highest BCUT2D eigenvalue weighted by atomic mass is 19.1. The number of amides is 2. The van der Waals surface area contributed by atoms with Crippen molar-refractivity contribution < 1.29 is 18.9 Å². The molecule has 0 unspecified atom stereocenters. The molecule has 1 heterocycles. The molecule has 2 amide bonds. The van der Waals surface area contributed by atoms with Crippen molar-refractivity contribution in [3.8, 4) is 0 Å². The van der Waals surface area contributed by atoms with Crippen LogP contribution < -0.4 is 10.2 Å². The van der Waals surface area contributed by atoms with Gasteiger partial charge in [0.2, 0.25) is 0 Å². The van der Waals surface area contributed by atoms with Crippen molar-refractivity contribution in [1.82, 2.24) is 4.90 Å². The minimum absolute atomic E-state index is 0.0214. The van der Waals surface area contributed by atoms with E-state index in [2.05, 4.69) is 5.32 Å². The Balaban J connectivity index is 1.55. The maximum absolute atomic E-state index is 13.7. The zero-order valence-electron chi connectivity index (χ0n) is 14.7. The largest absolute Gasteiger partial charge is 0.327 e. The van der Waals surface area contributed by atoms with E-state index >= 15 is 0 Å². The Labute approximate surface area is 152 Å². The minimum Gasteiger partial charge on any atom is -0.327 e. The summed E-state index contributed by atoms with van der Waals surface area (Å²) < 4.78 is 13.7. The number of benzene rings is 2. The van der Waals surface area contributed by atoms with Crippen LogP contribution in [0.25, 0.3) is 0 Å². The van der Waals surface area contributed by atoms with E-state index < -0.39 is 5.82 Å². The number of anilines is 1. The molecule has 2 aromatic rings. The summed E-state index contributed by atoms with van der Waals surface area (Å²) in [6.07, 6.45) is 0. The number of quaternary nitrogens is 1. The zero-order valence-corrected chi connectivity index (χ0v) is 14.7. The highest BCUT2D eigenvalue weighted by Gasteiger charge is 2.31. The molecule has 136 valence electrons. The van der Waals surface area contributed by atoms with Gasteiger partial charge in [0.15, 0.2) is 6.04 Å². The van der Waals surface area contributed by atoms with E-state index in [1.165, 1.54) is 6.07 Å². The lowest BCUT2D eigenvalue weighted by Gasteiger charge is -2.34. The molecule has 0 aromatic heterocycles. The normalized spacial score (nSPS) is 16.2. The summed E-state index contributed by atoms with van der Waals surface area (Å²) in [7, 11) is 0. The fraction of sp³-hybridized carbons (Fsp3) is 0.300. The minimum atomic E-state index is -0.443. The fourth-order valence-corrected chi connectivity index (χ4v) is 3.18. The quantitative estimate of drug-likeness (QED) is 0.865. The topological polar surface area (TPSA) is 53.9 Å². The molecule has 0 spiro atoms. The van der Waals surface area contributed by atoms with E-state index in [-0.39, 0.29) is 23.5 Å². The molecular weight excluding hydrogens is 333 g/mol. The van der Waals surface area contributed by atoms with E-state index in [0.29, 0.717) is 31.7 Å². The number of carbonyl (C=O) groups excluding carboxylic acids is 2. The predicted molar refractivity (Wildman–Crippen MR) is 97.5 cm³/mol. The smallest absolute Gasteiger partial charge is 0.282 e. The summed E-state index contributed by atoms with van der Waals surface area (Å²) in [6.45, 7) is 4.40. The Morgan fingerprint density at radius 1 is 1.04 bits per heavy atom. The molecule has 6 heteroatoms. The van der Waals surface area contributed by atoms with Gasteiger partial charge in [-0.2, -0.15) is 0 Å². The molecular formula is C20H23FN3O2+. The third kappa shape index (κ3) is 4.08. The number of halogens is 1. The molecule has 0 aliphatic carbocycles. The molecule has 3 rings (SSSR count). The summed E-state index contributed by atoms with van der Waals surface area (Å²) in [5.74, 6) is -0.637. The van der Waals surface area contributed by atoms with Crippen LogP contribution in [0.5, 0.6) is 0 Å². The first-order valence-electron chi connectivity index (χ1n) is 8.80. The van der Waals surface area contributed by atoms with Crippen LogP contribution in [0.2, 0.25) is 0 Å². The van der Waals surface area contributed by atoms with E-state index in [4.69, 9.17) is 0 Å². The average Bonchev–Trinajstić information content (AvgIpc) is 2.69. The fourth-order valence-electron chi connectivity index (χ4n) is 3.18. The molecule has 1 fully saturated rings. The molecule has 2 N–H and O–H groups in total. The molecule has 2 aromatic carbocycles. The number of nitrogens with one attached hydrogen (secondary N) is 2. The predicted octanol–water partition coefficient (Wildman–Crippen LogP) is 1.19. The number of rotatable bonds is 4. The van der Waals surface area contributed by atoms with Crippen molar-refractivity contribution >= 4 is 17.5 Å². The van der Waals surface area contributed by atoms with E-state index in [1.54, 1.807) is 18.2 Å². The average molecular weight is 356 g/mol. The van der Waals surface area contributed by atoms with Crippen LogP contribution in [-0.4, -0.2) is 48.9 Å². The van der Waals surface area contributed by atoms with Crippen LogP contribution in [0, 0.1) is 5.82 Å². The second-order valence-electron chi connectivity index (χ2n) is 6.51. The van der Waals surface area contributed by atoms with Crippen LogP contribution in [0.3, 0.4) is 0 Å². The highest BCUT2D eigenvalue weighted by Crippen LogP contribution is 2.12. The van der Waals surface area contributed by atoms with Gasteiger partial charge in [-0.3, -0.25) is 9.59 Å². The van der Waals surface area contributed by atoms with Crippen LogP contribution in [0.1, 0.15) is 17.3 Å². The lowest BCUT2D eigenvalue weighted by molar-refractivity contribution is -0.917. The van der Waals surface area contributed by atoms with Crippen LogP contribution in [-0.2, 0) is 4.79 Å². The summed E-state index contributed by atoms with van der Waals surface area (Å²) in [5.41, 5.74) is 0.878. The van der Waals surface area contributed by atoms with Gasteiger partial charge >= 0.3 is 0 Å². The molecule has 1 atom stereocenters. The monoisotopic (exact) mass is 356 g/mol. The Hall–Kier alpha value is -2.73. The molecule has 1 aliphatic heterocycles. The van der Waals surface area contributed by atoms with Gasteiger partial charge in [0, 0.05) is 5.56 Å². The van der Waals surface area contributed by atoms with Gasteiger partial charge in [0.25, 0.3) is 11.8 Å². The summed E-state index contributed by atoms with van der Waals surface area (Å²) in [5, 5.41) is 2.65. The second kappa shape index (κ2) is 8.10. The summed E-state index contributed by atoms with van der Waals surface area (Å²) >= 11 is 0. The number of hydrogen-bond donors (Lipinski definition) is 2. The maximum Gasteiger partial charge on any atom is 0.282 e. The first-order chi connectivity index (χ1) is 12.6. The number of piperazine rings is 1. The van der Waals surface area contributed by atoms with Crippen molar-refractivity contribution in [3.05, 3.63) is 66.0 Å². The zero-order chi connectivity index (χ0) is 18.5. The van der Waals surface area contributed by atoms with E-state index in [9.17, 15) is 14.0 Å². The SMILES string of the molecule is C[C@H](C(=O)Nc1ccccc1F)[NH+]1CCN(C(=O)c2ccccc2)CC1. The van der Waals surface area contributed by atoms with Gasteiger partial charge in [-0.05, 0) is 31.2 Å². The van der Waals surface area contributed by atoms with E-state index in [0.717, 1.165) is 4.90 Å². The molecule has 1 saturated heterocycles. The Morgan fingerprint density at radius 3 is 2.31 bits per heavy atom. The van der Waals surface area contributed by atoms with Crippen molar-refractivity contribution in [3.63, 3.8) is 0 Å². The highest BCUT2D eigenvalue weighted by molar-refractivity contribution is 5.94. The molecule has 0 bridgehead atoms. The van der Waals surface area contributed by atoms with Gasteiger partial charge in [-0.15, -0.1) is 0 Å². The van der Waals surface area contributed by atoms with Crippen LogP contribution in [0.15, 0.2) is 54.6 Å². The first-order valence-corrected chi connectivity index (χ1v) is 8.80. The first kappa shape index (κ1) is 18.1. The van der Waals surface area contributed by atoms with Gasteiger partial charge < -0.3 is 15.1 Å². The molecule has 0 saturated carbocycles. The number of para-hydroxylation sites is 1. The van der Waals surface area contributed by atoms with Gasteiger partial charge in [-0.1, -0.05) is 30.3 Å². The van der Waals surface area contributed by atoms with Gasteiger partial charge in [0.05, 0.1) is 31.9 Å². The van der Waals surface area contributed by atoms with Crippen molar-refractivity contribution in [2.45, 2.75) is 13.0 Å². The third-order valence-electron chi connectivity index (χ3n) is 4.85. The molecule has 26 heavy (non-hydrogen) atoms. The summed E-state index contributed by atoms with van der Waals surface area (Å²) in [4.78, 5) is 27.8. The Kier molecular flexibility index (Phi) is 5.63. The summed E-state index contributed by atoms with van der Waals surface area (Å²) in [6, 6.07) is 15.0. The van der Waals surface area contributed by atoms with Crippen LogP contribution in [0.4, 0.5) is 10.1 Å². The number of nitrogens with zero attached hydrogens (tertiary/aromatic N) is 1. The Morgan fingerprint density at radius 2 is 1.65 bits per heavy atom. The lowest BCUT2D eigenvalue weighted by Crippen LogP contribution is -3.19. The molecule has 0 radical (unpaired) electrons. The van der Waals surface area contributed by atoms with Crippen LogP contribution >= 0.6 is 0 Å². The standard InChI is InChI=1S/C20H22FN3O2/c1-15(19(25)22-18-10-6-5-9-17(18)21)23-11-13-24(14-12-23)20(26)16-7-3-2-4-8-16/h2-10,15H,11-14H2,1H3,(H,22,25)/p+1/t15-/m1/s1. The second-order valence-corrected chi connectivity index (χ2v) is 6.51. The number of carbonyl (C=O) groups is 2. The van der Waals surface area contributed by atoms with Gasteiger partial charge in [-0.25, -0.2) is 4.39 Å². The van der Waals surface area contributed by atoms with Crippen molar-refractivity contribution in [1.29, 1.82) is 0 Å².